The van der Waals surface area contributed by atoms with Gasteiger partial charge in [0.2, 0.25) is 0 Å². The maximum absolute atomic E-state index is 10.7. The van der Waals surface area contributed by atoms with Crippen molar-refractivity contribution >= 4 is 9.84 Å². The third-order valence-corrected chi connectivity index (χ3v) is 2.88. The minimum Gasteiger partial charge on any atom is -0.389 e. The van der Waals surface area contributed by atoms with Gasteiger partial charge in [0.15, 0.2) is 0 Å². The summed E-state index contributed by atoms with van der Waals surface area (Å²) in [5.41, 5.74) is -0.881. The van der Waals surface area contributed by atoms with Gasteiger partial charge in [-0.1, -0.05) is 0 Å². The molecule has 0 spiro atoms. The Morgan fingerprint density at radius 1 is 1.50 bits per heavy atom. The first-order valence-electron chi connectivity index (χ1n) is 3.31. The molecule has 0 aromatic carbocycles. The molecule has 10 heavy (non-hydrogen) atoms. The van der Waals surface area contributed by atoms with Crippen LogP contribution >= 0.6 is 0 Å². The van der Waals surface area contributed by atoms with Crippen LogP contribution in [0.1, 0.15) is 19.3 Å². The summed E-state index contributed by atoms with van der Waals surface area (Å²) < 4.78 is 21.4. The second kappa shape index (κ2) is 2.20. The average molecular weight is 164 g/mol. The molecule has 4 heteroatoms. The normalized spacial score (nSPS) is 23.8. The topological polar surface area (TPSA) is 54.4 Å². The number of hydrogen-bond acceptors (Lipinski definition) is 3. The predicted molar refractivity (Wildman–Crippen MR) is 38.5 cm³/mol. The minimum absolute atomic E-state index is 0.0694. The zero-order valence-electron chi connectivity index (χ0n) is 6.00. The highest BCUT2D eigenvalue weighted by Gasteiger charge is 2.37. The monoisotopic (exact) mass is 164 g/mol. The van der Waals surface area contributed by atoms with Crippen molar-refractivity contribution in [2.75, 3.05) is 12.0 Å². The molecule has 60 valence electrons. The molecule has 0 bridgehead atoms. The number of sulfone groups is 1. The van der Waals surface area contributed by atoms with Crippen molar-refractivity contribution in [3.05, 3.63) is 0 Å². The molecule has 0 aromatic heterocycles. The van der Waals surface area contributed by atoms with Crippen LogP contribution < -0.4 is 0 Å². The summed E-state index contributed by atoms with van der Waals surface area (Å²) >= 11 is 0. The fourth-order valence-corrected chi connectivity index (χ4v) is 2.48. The van der Waals surface area contributed by atoms with E-state index in [9.17, 15) is 13.5 Å². The van der Waals surface area contributed by atoms with Crippen molar-refractivity contribution in [3.8, 4) is 0 Å². The lowest BCUT2D eigenvalue weighted by Gasteiger charge is -2.35. The lowest BCUT2D eigenvalue weighted by atomic mass is 9.82. The summed E-state index contributed by atoms with van der Waals surface area (Å²) in [5.74, 6) is -0.0694. The molecule has 0 amide bonds. The van der Waals surface area contributed by atoms with Crippen LogP contribution in [0.15, 0.2) is 0 Å². The van der Waals surface area contributed by atoms with E-state index >= 15 is 0 Å². The summed E-state index contributed by atoms with van der Waals surface area (Å²) in [6, 6.07) is 0. The average Bonchev–Trinajstić information content (AvgIpc) is 1.57. The first-order valence-corrected chi connectivity index (χ1v) is 5.38. The third kappa shape index (κ3) is 1.95. The highest BCUT2D eigenvalue weighted by molar-refractivity contribution is 7.90. The molecular formula is C6H12O3S. The van der Waals surface area contributed by atoms with Crippen LogP contribution in [0, 0.1) is 0 Å². The molecule has 1 rings (SSSR count). The van der Waals surface area contributed by atoms with Crippen molar-refractivity contribution in [2.24, 2.45) is 0 Å². The SMILES string of the molecule is CS(=O)(=O)CC1(O)CCC1. The summed E-state index contributed by atoms with van der Waals surface area (Å²) in [4.78, 5) is 0. The van der Waals surface area contributed by atoms with Gasteiger partial charge in [0.05, 0.1) is 11.4 Å². The molecule has 1 aliphatic rings. The molecule has 0 aliphatic heterocycles. The molecule has 0 radical (unpaired) electrons. The van der Waals surface area contributed by atoms with E-state index in [0.29, 0.717) is 12.8 Å². The van der Waals surface area contributed by atoms with Gasteiger partial charge in [-0.2, -0.15) is 0 Å². The van der Waals surface area contributed by atoms with E-state index in [1.807, 2.05) is 0 Å². The standard InChI is InChI=1S/C6H12O3S/c1-10(8,9)5-6(7)3-2-4-6/h7H,2-5H2,1H3. The van der Waals surface area contributed by atoms with Crippen molar-refractivity contribution in [1.82, 2.24) is 0 Å². The molecule has 1 N–H and O–H groups in total. The largest absolute Gasteiger partial charge is 0.389 e. The van der Waals surface area contributed by atoms with Crippen LogP contribution in [0.5, 0.6) is 0 Å². The quantitative estimate of drug-likeness (QED) is 0.622. The Balaban J connectivity index is 2.53. The molecule has 3 nitrogen and oxygen atoms in total. The molecule has 0 aromatic rings. The van der Waals surface area contributed by atoms with E-state index in [2.05, 4.69) is 0 Å². The zero-order chi connectivity index (χ0) is 7.83. The van der Waals surface area contributed by atoms with Gasteiger partial charge in [-0.25, -0.2) is 8.42 Å². The van der Waals surface area contributed by atoms with Crippen LogP contribution in [-0.2, 0) is 9.84 Å². The molecule has 1 saturated carbocycles. The van der Waals surface area contributed by atoms with Gasteiger partial charge < -0.3 is 5.11 Å². The van der Waals surface area contributed by atoms with E-state index in [1.165, 1.54) is 0 Å². The first-order chi connectivity index (χ1) is 4.41. The molecule has 0 atom stereocenters. The minimum atomic E-state index is -2.99. The first kappa shape index (κ1) is 8.01. The third-order valence-electron chi connectivity index (χ3n) is 1.82. The van der Waals surface area contributed by atoms with Crippen LogP contribution in [-0.4, -0.2) is 31.1 Å². The lowest BCUT2D eigenvalue weighted by Crippen LogP contribution is -2.43. The van der Waals surface area contributed by atoms with Crippen molar-refractivity contribution in [1.29, 1.82) is 0 Å². The molecule has 0 heterocycles. The second-order valence-corrected chi connectivity index (χ2v) is 5.29. The van der Waals surface area contributed by atoms with Crippen LogP contribution in [0.2, 0.25) is 0 Å². The number of rotatable bonds is 2. The second-order valence-electron chi connectivity index (χ2n) is 3.15. The lowest BCUT2D eigenvalue weighted by molar-refractivity contribution is -0.0112. The fourth-order valence-electron chi connectivity index (χ4n) is 1.22. The smallest absolute Gasteiger partial charge is 0.150 e. The Kier molecular flexibility index (Phi) is 1.76. The van der Waals surface area contributed by atoms with Gasteiger partial charge in [0, 0.05) is 6.26 Å². The zero-order valence-corrected chi connectivity index (χ0v) is 6.82. The van der Waals surface area contributed by atoms with Crippen molar-refractivity contribution in [3.63, 3.8) is 0 Å². The molecule has 1 fully saturated rings. The summed E-state index contributed by atoms with van der Waals surface area (Å²) in [6.45, 7) is 0. The maximum Gasteiger partial charge on any atom is 0.150 e. The highest BCUT2D eigenvalue weighted by Crippen LogP contribution is 2.32. The van der Waals surface area contributed by atoms with E-state index in [1.54, 1.807) is 0 Å². The van der Waals surface area contributed by atoms with E-state index in [4.69, 9.17) is 0 Å². The van der Waals surface area contributed by atoms with Gasteiger partial charge in [0.25, 0.3) is 0 Å². The van der Waals surface area contributed by atoms with E-state index < -0.39 is 15.4 Å². The Bertz CT molecular complexity index is 213. The Morgan fingerprint density at radius 2 is 2.00 bits per heavy atom. The Hall–Kier alpha value is -0.0900. The predicted octanol–water partition coefficient (Wildman–Crippen LogP) is -0.0540. The Labute approximate surface area is 61.0 Å². The van der Waals surface area contributed by atoms with Gasteiger partial charge in [-0.05, 0) is 19.3 Å². The van der Waals surface area contributed by atoms with Gasteiger partial charge in [0.1, 0.15) is 9.84 Å². The van der Waals surface area contributed by atoms with Crippen LogP contribution in [0.25, 0.3) is 0 Å². The fraction of sp³-hybridized carbons (Fsp3) is 1.00. The maximum atomic E-state index is 10.7. The Morgan fingerprint density at radius 3 is 2.10 bits per heavy atom. The summed E-state index contributed by atoms with van der Waals surface area (Å²) in [7, 11) is -2.99. The summed E-state index contributed by atoms with van der Waals surface area (Å²) in [5, 5.41) is 9.37. The molecule has 0 saturated heterocycles. The summed E-state index contributed by atoms with van der Waals surface area (Å²) in [6.07, 6.45) is 3.38. The van der Waals surface area contributed by atoms with E-state index in [0.717, 1.165) is 12.7 Å². The van der Waals surface area contributed by atoms with Gasteiger partial charge >= 0.3 is 0 Å². The van der Waals surface area contributed by atoms with Gasteiger partial charge in [-0.3, -0.25) is 0 Å². The van der Waals surface area contributed by atoms with Gasteiger partial charge in [-0.15, -0.1) is 0 Å². The van der Waals surface area contributed by atoms with Crippen LogP contribution in [0.3, 0.4) is 0 Å². The molecule has 1 aliphatic carbocycles. The van der Waals surface area contributed by atoms with Crippen molar-refractivity contribution < 1.29 is 13.5 Å². The molecule has 0 unspecified atom stereocenters. The number of hydrogen-bond donors (Lipinski definition) is 1. The number of aliphatic hydroxyl groups is 1. The van der Waals surface area contributed by atoms with Crippen LogP contribution in [0.4, 0.5) is 0 Å². The van der Waals surface area contributed by atoms with Crippen molar-refractivity contribution in [2.45, 2.75) is 24.9 Å². The van der Waals surface area contributed by atoms with E-state index in [-0.39, 0.29) is 5.75 Å². The molecular weight excluding hydrogens is 152 g/mol. The highest BCUT2D eigenvalue weighted by atomic mass is 32.2.